The van der Waals surface area contributed by atoms with Crippen molar-refractivity contribution in [1.29, 1.82) is 0 Å². The SMILES string of the molecule is NC(=O)CNCC(CCC(=O)O)NC(=O)CCc1ccc(C2=CCCC=C2)cc1. The van der Waals surface area contributed by atoms with Gasteiger partial charge in [0.2, 0.25) is 11.8 Å². The van der Waals surface area contributed by atoms with Gasteiger partial charge in [-0.2, -0.15) is 0 Å². The Morgan fingerprint density at radius 1 is 1.10 bits per heavy atom. The van der Waals surface area contributed by atoms with Crippen molar-refractivity contribution >= 4 is 23.4 Å². The molecule has 7 heteroatoms. The van der Waals surface area contributed by atoms with Crippen molar-refractivity contribution in [2.45, 2.75) is 44.6 Å². The number of aryl methyl sites for hydroxylation is 1. The van der Waals surface area contributed by atoms with E-state index >= 15 is 0 Å². The van der Waals surface area contributed by atoms with Crippen LogP contribution in [0.4, 0.5) is 0 Å². The fourth-order valence-electron chi connectivity index (χ4n) is 3.14. The molecule has 156 valence electrons. The van der Waals surface area contributed by atoms with Crippen molar-refractivity contribution in [1.82, 2.24) is 10.6 Å². The van der Waals surface area contributed by atoms with E-state index in [0.717, 1.165) is 18.4 Å². The van der Waals surface area contributed by atoms with Crippen LogP contribution in [0.5, 0.6) is 0 Å². The quantitative estimate of drug-likeness (QED) is 0.427. The van der Waals surface area contributed by atoms with Gasteiger partial charge in [0.15, 0.2) is 0 Å². The van der Waals surface area contributed by atoms with Gasteiger partial charge in [0.1, 0.15) is 0 Å². The largest absolute Gasteiger partial charge is 0.481 e. The lowest BCUT2D eigenvalue weighted by atomic mass is 9.98. The first kappa shape index (κ1) is 22.4. The summed E-state index contributed by atoms with van der Waals surface area (Å²) in [5.41, 5.74) is 8.55. The number of nitrogens with two attached hydrogens (primary N) is 1. The highest BCUT2D eigenvalue weighted by molar-refractivity contribution is 5.77. The summed E-state index contributed by atoms with van der Waals surface area (Å²) in [5, 5.41) is 14.5. The first-order valence-electron chi connectivity index (χ1n) is 9.90. The Kier molecular flexibility index (Phi) is 9.11. The summed E-state index contributed by atoms with van der Waals surface area (Å²) >= 11 is 0. The highest BCUT2D eigenvalue weighted by Crippen LogP contribution is 2.21. The van der Waals surface area contributed by atoms with Gasteiger partial charge in [0.25, 0.3) is 0 Å². The highest BCUT2D eigenvalue weighted by atomic mass is 16.4. The third-order valence-corrected chi connectivity index (χ3v) is 4.68. The highest BCUT2D eigenvalue weighted by Gasteiger charge is 2.14. The molecule has 2 rings (SSSR count). The molecule has 0 radical (unpaired) electrons. The standard InChI is InChI=1S/C22H29N3O4/c23-20(26)15-24-14-19(11-13-22(28)29)25-21(27)12-8-16-6-9-18(10-7-16)17-4-2-1-3-5-17/h2,4-7,9-10,19,24H,1,3,8,11-15H2,(H2,23,26)(H,25,27)(H,28,29). The molecule has 1 unspecified atom stereocenters. The van der Waals surface area contributed by atoms with Crippen LogP contribution < -0.4 is 16.4 Å². The second-order valence-corrected chi connectivity index (χ2v) is 7.13. The third-order valence-electron chi connectivity index (χ3n) is 4.68. The maximum absolute atomic E-state index is 12.3. The molecule has 0 saturated heterocycles. The minimum Gasteiger partial charge on any atom is -0.481 e. The Labute approximate surface area is 171 Å². The van der Waals surface area contributed by atoms with Crippen LogP contribution in [0.25, 0.3) is 5.57 Å². The van der Waals surface area contributed by atoms with Crippen LogP contribution in [0.3, 0.4) is 0 Å². The molecule has 1 aromatic rings. The van der Waals surface area contributed by atoms with Crippen molar-refractivity contribution < 1.29 is 19.5 Å². The number of hydrogen-bond acceptors (Lipinski definition) is 4. The average molecular weight is 399 g/mol. The molecule has 1 aliphatic carbocycles. The summed E-state index contributed by atoms with van der Waals surface area (Å²) in [6, 6.07) is 7.83. The molecule has 1 aromatic carbocycles. The van der Waals surface area contributed by atoms with Crippen molar-refractivity contribution in [2.75, 3.05) is 13.1 Å². The number of benzene rings is 1. The minimum absolute atomic E-state index is 0.0165. The molecule has 5 N–H and O–H groups in total. The Bertz CT molecular complexity index is 769. The van der Waals surface area contributed by atoms with Crippen molar-refractivity contribution in [3.63, 3.8) is 0 Å². The van der Waals surface area contributed by atoms with Gasteiger partial charge in [-0.3, -0.25) is 14.4 Å². The van der Waals surface area contributed by atoms with Crippen LogP contribution in [0.2, 0.25) is 0 Å². The van der Waals surface area contributed by atoms with Crippen LogP contribution in [0.1, 0.15) is 43.2 Å². The van der Waals surface area contributed by atoms with Gasteiger partial charge in [0.05, 0.1) is 6.54 Å². The molecule has 0 spiro atoms. The molecule has 0 saturated carbocycles. The number of allylic oxidation sites excluding steroid dienone is 4. The van der Waals surface area contributed by atoms with Crippen molar-refractivity contribution in [3.8, 4) is 0 Å². The lowest BCUT2D eigenvalue weighted by Gasteiger charge is -2.18. The smallest absolute Gasteiger partial charge is 0.303 e. The number of nitrogens with one attached hydrogen (secondary N) is 2. The Hall–Kier alpha value is -2.93. The van der Waals surface area contributed by atoms with E-state index in [1.165, 1.54) is 11.1 Å². The molecule has 0 aliphatic heterocycles. The summed E-state index contributed by atoms with van der Waals surface area (Å²) in [4.78, 5) is 33.9. The zero-order valence-corrected chi connectivity index (χ0v) is 16.5. The first-order valence-corrected chi connectivity index (χ1v) is 9.90. The summed E-state index contributed by atoms with van der Waals surface area (Å²) in [7, 11) is 0. The predicted octanol–water partition coefficient (Wildman–Crippen LogP) is 1.78. The topological polar surface area (TPSA) is 122 Å². The fourth-order valence-corrected chi connectivity index (χ4v) is 3.14. The summed E-state index contributed by atoms with van der Waals surface area (Å²) in [6.07, 6.45) is 9.81. The Morgan fingerprint density at radius 3 is 2.48 bits per heavy atom. The maximum atomic E-state index is 12.3. The normalized spacial score (nSPS) is 14.1. The number of primary amides is 1. The van der Waals surface area contributed by atoms with Gasteiger partial charge in [-0.15, -0.1) is 0 Å². The van der Waals surface area contributed by atoms with Crippen LogP contribution in [0.15, 0.2) is 42.5 Å². The first-order chi connectivity index (χ1) is 13.9. The summed E-state index contributed by atoms with van der Waals surface area (Å²) in [6.45, 7) is 0.275. The van der Waals surface area contributed by atoms with Crippen molar-refractivity contribution in [3.05, 3.63) is 53.6 Å². The molecule has 0 heterocycles. The lowest BCUT2D eigenvalue weighted by Crippen LogP contribution is -2.44. The molecule has 29 heavy (non-hydrogen) atoms. The van der Waals surface area contributed by atoms with Gasteiger partial charge in [0, 0.05) is 25.4 Å². The summed E-state index contributed by atoms with van der Waals surface area (Å²) in [5.74, 6) is -1.58. The number of aliphatic carboxylic acids is 1. The zero-order valence-electron chi connectivity index (χ0n) is 16.5. The van der Waals surface area contributed by atoms with Gasteiger partial charge in [-0.05, 0) is 42.4 Å². The number of rotatable bonds is 12. The molecule has 1 atom stereocenters. The van der Waals surface area contributed by atoms with Gasteiger partial charge in [-0.1, -0.05) is 42.5 Å². The molecule has 0 aromatic heterocycles. The monoisotopic (exact) mass is 399 g/mol. The Balaban J connectivity index is 1.82. The second-order valence-electron chi connectivity index (χ2n) is 7.13. The molecular weight excluding hydrogens is 370 g/mol. The predicted molar refractivity (Wildman–Crippen MR) is 112 cm³/mol. The van der Waals surface area contributed by atoms with E-state index in [4.69, 9.17) is 10.8 Å². The molecule has 2 amide bonds. The molecule has 1 aliphatic rings. The van der Waals surface area contributed by atoms with E-state index in [0.29, 0.717) is 19.4 Å². The van der Waals surface area contributed by atoms with Gasteiger partial charge >= 0.3 is 5.97 Å². The zero-order chi connectivity index (χ0) is 21.1. The maximum Gasteiger partial charge on any atom is 0.303 e. The van der Waals surface area contributed by atoms with Crippen LogP contribution in [-0.2, 0) is 20.8 Å². The number of carbonyl (C=O) groups excluding carboxylic acids is 2. The summed E-state index contributed by atoms with van der Waals surface area (Å²) < 4.78 is 0. The van der Waals surface area contributed by atoms with E-state index in [2.05, 4.69) is 41.0 Å². The van der Waals surface area contributed by atoms with Crippen molar-refractivity contribution in [2.24, 2.45) is 5.73 Å². The number of carbonyl (C=O) groups is 3. The second kappa shape index (κ2) is 11.8. The van der Waals surface area contributed by atoms with E-state index in [-0.39, 0.29) is 31.3 Å². The van der Waals surface area contributed by atoms with Gasteiger partial charge < -0.3 is 21.5 Å². The Morgan fingerprint density at radius 2 is 1.86 bits per heavy atom. The minimum atomic E-state index is -0.929. The van der Waals surface area contributed by atoms with Crippen LogP contribution in [0, 0.1) is 0 Å². The molecule has 0 bridgehead atoms. The number of carboxylic acid groups (broad SMARTS) is 1. The molecule has 7 nitrogen and oxygen atoms in total. The van der Waals surface area contributed by atoms with E-state index in [1.807, 2.05) is 12.1 Å². The van der Waals surface area contributed by atoms with E-state index in [1.54, 1.807) is 0 Å². The van der Waals surface area contributed by atoms with Gasteiger partial charge in [-0.25, -0.2) is 0 Å². The lowest BCUT2D eigenvalue weighted by molar-refractivity contribution is -0.137. The fraction of sp³-hybridized carbons (Fsp3) is 0.409. The number of hydrogen-bond donors (Lipinski definition) is 4. The average Bonchev–Trinajstić information content (AvgIpc) is 2.71. The van der Waals surface area contributed by atoms with E-state index < -0.39 is 11.9 Å². The van der Waals surface area contributed by atoms with E-state index in [9.17, 15) is 14.4 Å². The molecular formula is C22H29N3O4. The van der Waals surface area contributed by atoms with Crippen LogP contribution >= 0.6 is 0 Å². The number of carboxylic acids is 1. The number of amides is 2. The van der Waals surface area contributed by atoms with Crippen LogP contribution in [-0.4, -0.2) is 42.0 Å². The third kappa shape index (κ3) is 8.74. The molecule has 0 fully saturated rings.